The van der Waals surface area contributed by atoms with Crippen molar-refractivity contribution in [3.05, 3.63) is 53.5 Å². The minimum absolute atomic E-state index is 0.129. The van der Waals surface area contributed by atoms with Crippen LogP contribution in [0.1, 0.15) is 37.6 Å². The molecule has 3 rings (SSSR count). The van der Waals surface area contributed by atoms with E-state index < -0.39 is 29.1 Å². The molecule has 0 aliphatic carbocycles. The van der Waals surface area contributed by atoms with Crippen LogP contribution in [0.15, 0.2) is 36.7 Å². The zero-order valence-corrected chi connectivity index (χ0v) is 20.9. The van der Waals surface area contributed by atoms with E-state index in [1.807, 2.05) is 0 Å². The molecule has 0 aliphatic heterocycles. The van der Waals surface area contributed by atoms with E-state index in [0.717, 1.165) is 12.1 Å². The fraction of sp³-hybridized carbons (Fsp3) is 0.292. The highest BCUT2D eigenvalue weighted by Crippen LogP contribution is 2.39. The molecular formula is C24H26F3N7O4. The van der Waals surface area contributed by atoms with E-state index >= 15 is 0 Å². The van der Waals surface area contributed by atoms with Crippen molar-refractivity contribution in [3.63, 3.8) is 0 Å². The number of aromatic nitrogens is 3. The molecule has 11 nitrogen and oxygen atoms in total. The number of hydrogen-bond donors (Lipinski definition) is 4. The first kappa shape index (κ1) is 28.1. The molecule has 0 unspecified atom stereocenters. The number of carbonyl (C=O) groups is 2. The lowest BCUT2D eigenvalue weighted by Gasteiger charge is -2.26. The minimum atomic E-state index is -4.79. The number of rotatable bonds is 8. The molecule has 0 radical (unpaired) electrons. The summed E-state index contributed by atoms with van der Waals surface area (Å²) in [5, 5.41) is 4.85. The van der Waals surface area contributed by atoms with Crippen LogP contribution in [0.5, 0.6) is 11.6 Å². The van der Waals surface area contributed by atoms with E-state index in [4.69, 9.17) is 16.4 Å². The van der Waals surface area contributed by atoms with Crippen LogP contribution in [0.4, 0.5) is 29.3 Å². The summed E-state index contributed by atoms with van der Waals surface area (Å²) in [4.78, 5) is 41.5. The average Bonchev–Trinajstić information content (AvgIpc) is 2.84. The molecule has 6 N–H and O–H groups in total. The summed E-state index contributed by atoms with van der Waals surface area (Å²) in [5.41, 5.74) is 3.18. The summed E-state index contributed by atoms with van der Waals surface area (Å²) >= 11 is 0. The largest absolute Gasteiger partial charge is 0.493 e. The van der Waals surface area contributed by atoms with Gasteiger partial charge in [-0.3, -0.25) is 4.79 Å². The number of amides is 3. The standard InChI is InChI=1S/C24H26F3N7O4/c1-5-37-18-9-19(38-29)30-10-14(18)20-31-11-17(12(2)32-20)34-22(36)33-13-6-7-15(23(3,4)21(28)35)16(8-13)24(25,26)27/h6-11H,5,29H2,1-4H3,(H2,28,35)(H2,33,34,36). The van der Waals surface area contributed by atoms with Crippen LogP contribution in [0.25, 0.3) is 11.4 Å². The average molecular weight is 534 g/mol. The summed E-state index contributed by atoms with van der Waals surface area (Å²) in [5.74, 6) is 4.98. The van der Waals surface area contributed by atoms with Gasteiger partial charge in [0, 0.05) is 18.0 Å². The van der Waals surface area contributed by atoms with Crippen LogP contribution < -0.4 is 31.8 Å². The number of benzene rings is 1. The first-order chi connectivity index (χ1) is 17.8. The summed E-state index contributed by atoms with van der Waals surface area (Å²) in [6, 6.07) is 3.74. The predicted molar refractivity (Wildman–Crippen MR) is 132 cm³/mol. The van der Waals surface area contributed by atoms with Gasteiger partial charge in [0.15, 0.2) is 5.82 Å². The number of nitrogens with two attached hydrogens (primary N) is 2. The van der Waals surface area contributed by atoms with E-state index in [0.29, 0.717) is 23.6 Å². The highest BCUT2D eigenvalue weighted by molar-refractivity contribution is 6.00. The predicted octanol–water partition coefficient (Wildman–Crippen LogP) is 3.92. The zero-order chi connectivity index (χ0) is 28.3. The molecule has 2 aromatic heterocycles. The van der Waals surface area contributed by atoms with Gasteiger partial charge in [0.2, 0.25) is 11.8 Å². The van der Waals surface area contributed by atoms with Crippen LogP contribution in [0, 0.1) is 6.92 Å². The quantitative estimate of drug-likeness (QED) is 0.316. The van der Waals surface area contributed by atoms with E-state index in [9.17, 15) is 22.8 Å². The molecule has 0 bridgehead atoms. The third-order valence-electron chi connectivity index (χ3n) is 5.60. The van der Waals surface area contributed by atoms with Crippen LogP contribution in [0.3, 0.4) is 0 Å². The Morgan fingerprint density at radius 1 is 1.05 bits per heavy atom. The second-order valence-corrected chi connectivity index (χ2v) is 8.59. The molecule has 3 aromatic rings. The lowest BCUT2D eigenvalue weighted by molar-refractivity contribution is -0.139. The van der Waals surface area contributed by atoms with Crippen molar-refractivity contribution < 1.29 is 32.3 Å². The number of hydrogen-bond acceptors (Lipinski definition) is 8. The van der Waals surface area contributed by atoms with Gasteiger partial charge >= 0.3 is 12.2 Å². The Morgan fingerprint density at radius 3 is 2.34 bits per heavy atom. The van der Waals surface area contributed by atoms with Gasteiger partial charge < -0.3 is 25.9 Å². The maximum atomic E-state index is 13.7. The number of halogens is 3. The molecule has 0 saturated heterocycles. The van der Waals surface area contributed by atoms with Gasteiger partial charge in [0.05, 0.1) is 40.7 Å². The number of aryl methyl sites for hydroxylation is 1. The van der Waals surface area contributed by atoms with Crippen molar-refractivity contribution in [2.45, 2.75) is 39.3 Å². The normalized spacial score (nSPS) is 11.6. The molecular weight excluding hydrogens is 507 g/mol. The number of pyridine rings is 1. The molecule has 2 heterocycles. The number of urea groups is 1. The van der Waals surface area contributed by atoms with Gasteiger partial charge in [-0.05, 0) is 45.4 Å². The van der Waals surface area contributed by atoms with Crippen LogP contribution in [-0.2, 0) is 16.4 Å². The number of anilines is 2. The Morgan fingerprint density at radius 2 is 1.76 bits per heavy atom. The molecule has 14 heteroatoms. The number of alkyl halides is 3. The third-order valence-corrected chi connectivity index (χ3v) is 5.60. The van der Waals surface area contributed by atoms with Crippen LogP contribution >= 0.6 is 0 Å². The number of nitrogens with one attached hydrogen (secondary N) is 2. The molecule has 0 aliphatic rings. The number of ether oxygens (including phenoxy) is 1. The summed E-state index contributed by atoms with van der Waals surface area (Å²) < 4.78 is 46.8. The lowest BCUT2D eigenvalue weighted by atomic mass is 9.80. The van der Waals surface area contributed by atoms with Crippen LogP contribution in [0.2, 0.25) is 0 Å². The Bertz CT molecular complexity index is 1360. The highest BCUT2D eigenvalue weighted by Gasteiger charge is 2.40. The Hall–Kier alpha value is -4.46. The number of carbonyl (C=O) groups excluding carboxylic acids is 2. The van der Waals surface area contributed by atoms with Crippen molar-refractivity contribution in [1.82, 2.24) is 15.0 Å². The Balaban J connectivity index is 1.83. The van der Waals surface area contributed by atoms with Crippen molar-refractivity contribution in [2.75, 3.05) is 17.2 Å². The Labute approximate surface area is 215 Å². The maximum Gasteiger partial charge on any atom is 0.416 e. The van der Waals surface area contributed by atoms with Crippen molar-refractivity contribution in [1.29, 1.82) is 0 Å². The zero-order valence-electron chi connectivity index (χ0n) is 20.9. The molecule has 0 fully saturated rings. The second kappa shape index (κ2) is 10.9. The molecule has 0 atom stereocenters. The smallest absolute Gasteiger partial charge is 0.416 e. The van der Waals surface area contributed by atoms with Gasteiger partial charge in [0.1, 0.15) is 5.75 Å². The van der Waals surface area contributed by atoms with E-state index in [-0.39, 0.29) is 28.6 Å². The van der Waals surface area contributed by atoms with Crippen molar-refractivity contribution >= 4 is 23.3 Å². The Kier molecular flexibility index (Phi) is 8.05. The molecule has 3 amide bonds. The van der Waals surface area contributed by atoms with Crippen LogP contribution in [-0.4, -0.2) is 33.5 Å². The molecule has 0 saturated carbocycles. The lowest BCUT2D eigenvalue weighted by Crippen LogP contribution is -2.37. The van der Waals surface area contributed by atoms with Gasteiger partial charge in [0.25, 0.3) is 0 Å². The van der Waals surface area contributed by atoms with Gasteiger partial charge in [-0.1, -0.05) is 6.07 Å². The third kappa shape index (κ3) is 6.08. The fourth-order valence-electron chi connectivity index (χ4n) is 3.46. The fourth-order valence-corrected chi connectivity index (χ4v) is 3.46. The van der Waals surface area contributed by atoms with E-state index in [1.165, 1.54) is 38.4 Å². The summed E-state index contributed by atoms with van der Waals surface area (Å²) in [6.45, 7) is 6.32. The van der Waals surface area contributed by atoms with Gasteiger partial charge in [-0.25, -0.2) is 19.7 Å². The number of primary amides is 1. The SMILES string of the molecule is CCOc1cc(ON)ncc1-c1ncc(NC(=O)Nc2ccc(C(C)(C)C(N)=O)c(C(F)(F)F)c2)c(C)n1. The molecule has 0 spiro atoms. The van der Waals surface area contributed by atoms with E-state index in [1.54, 1.807) is 13.8 Å². The first-order valence-electron chi connectivity index (χ1n) is 11.2. The molecule has 1 aromatic carbocycles. The number of nitrogens with zero attached hydrogens (tertiary/aromatic N) is 3. The molecule has 202 valence electrons. The topological polar surface area (TPSA) is 167 Å². The highest BCUT2D eigenvalue weighted by atomic mass is 19.4. The summed E-state index contributed by atoms with van der Waals surface area (Å²) in [7, 11) is 0. The second-order valence-electron chi connectivity index (χ2n) is 8.59. The van der Waals surface area contributed by atoms with Gasteiger partial charge in [-0.15, -0.1) is 0 Å². The molecule has 38 heavy (non-hydrogen) atoms. The maximum absolute atomic E-state index is 13.7. The summed E-state index contributed by atoms with van der Waals surface area (Å²) in [6.07, 6.45) is -2.04. The van der Waals surface area contributed by atoms with Crippen molar-refractivity contribution in [2.24, 2.45) is 11.6 Å². The minimum Gasteiger partial charge on any atom is -0.493 e. The van der Waals surface area contributed by atoms with Crippen molar-refractivity contribution in [3.8, 4) is 23.0 Å². The van der Waals surface area contributed by atoms with E-state index in [2.05, 4.69) is 30.4 Å². The monoisotopic (exact) mass is 533 g/mol. The van der Waals surface area contributed by atoms with Gasteiger partial charge in [-0.2, -0.15) is 19.1 Å². The first-order valence-corrected chi connectivity index (χ1v) is 11.2.